The average molecular weight is 271 g/mol. The van der Waals surface area contributed by atoms with Gasteiger partial charge in [0.15, 0.2) is 0 Å². The number of nitrogens with zero attached hydrogens (tertiary/aromatic N) is 1. The first kappa shape index (κ1) is 15.1. The Morgan fingerprint density at radius 3 is 2.89 bits per heavy atom. The molecule has 0 aliphatic rings. The number of thiophene rings is 1. The van der Waals surface area contributed by atoms with E-state index in [0.717, 1.165) is 19.6 Å². The van der Waals surface area contributed by atoms with Crippen molar-refractivity contribution in [2.24, 2.45) is 0 Å². The van der Waals surface area contributed by atoms with Crippen LogP contribution in [0.1, 0.15) is 18.7 Å². The van der Waals surface area contributed by atoms with E-state index in [-0.39, 0.29) is 12.6 Å². The summed E-state index contributed by atoms with van der Waals surface area (Å²) in [6, 6.07) is 4.19. The molecule has 5 heteroatoms. The molecule has 18 heavy (non-hydrogen) atoms. The van der Waals surface area contributed by atoms with Crippen LogP contribution in [0.5, 0.6) is 0 Å². The third kappa shape index (κ3) is 6.14. The van der Waals surface area contributed by atoms with Crippen LogP contribution in [0.4, 0.5) is 0 Å². The van der Waals surface area contributed by atoms with Gasteiger partial charge in [-0.2, -0.15) is 0 Å². The molecule has 0 saturated heterocycles. The summed E-state index contributed by atoms with van der Waals surface area (Å²) < 4.78 is 10.1. The van der Waals surface area contributed by atoms with Crippen LogP contribution in [-0.2, 0) is 20.8 Å². The lowest BCUT2D eigenvalue weighted by molar-refractivity contribution is -0.148. The Kier molecular flexibility index (Phi) is 7.64. The number of hydrogen-bond donors (Lipinski definition) is 0. The minimum Gasteiger partial charge on any atom is -0.464 e. The van der Waals surface area contributed by atoms with E-state index in [1.165, 1.54) is 4.88 Å². The summed E-state index contributed by atoms with van der Waals surface area (Å²) in [6.07, 6.45) is 0. The topological polar surface area (TPSA) is 38.8 Å². The number of likely N-dealkylation sites (N-methyl/N-ethyl adjacent to an activating group) is 1. The monoisotopic (exact) mass is 271 g/mol. The van der Waals surface area contributed by atoms with Gasteiger partial charge in [0.05, 0.1) is 13.2 Å². The van der Waals surface area contributed by atoms with E-state index in [4.69, 9.17) is 9.47 Å². The number of carbonyl (C=O) groups is 1. The normalized spacial score (nSPS) is 10.8. The predicted molar refractivity (Wildman–Crippen MR) is 72.7 cm³/mol. The lowest BCUT2D eigenvalue weighted by atomic mass is 10.4. The maximum absolute atomic E-state index is 11.1. The molecule has 0 amide bonds. The predicted octanol–water partition coefficient (Wildman–Crippen LogP) is 2.15. The van der Waals surface area contributed by atoms with Gasteiger partial charge in [0.25, 0.3) is 0 Å². The Hall–Kier alpha value is -0.910. The molecule has 1 rings (SSSR count). The van der Waals surface area contributed by atoms with E-state index in [1.807, 2.05) is 0 Å². The first-order valence-electron chi connectivity index (χ1n) is 6.24. The Balaban J connectivity index is 2.14. The summed E-state index contributed by atoms with van der Waals surface area (Å²) in [5, 5.41) is 2.08. The SMILES string of the molecule is CCOC(=O)COCCN(CC)Cc1cccs1. The summed E-state index contributed by atoms with van der Waals surface area (Å²) in [5.74, 6) is -0.293. The fourth-order valence-corrected chi connectivity index (χ4v) is 2.27. The van der Waals surface area contributed by atoms with Crippen LogP contribution in [0.2, 0.25) is 0 Å². The van der Waals surface area contributed by atoms with Gasteiger partial charge < -0.3 is 9.47 Å². The van der Waals surface area contributed by atoms with Gasteiger partial charge in [-0.3, -0.25) is 4.90 Å². The molecule has 1 aromatic heterocycles. The van der Waals surface area contributed by atoms with Crippen molar-refractivity contribution in [3.63, 3.8) is 0 Å². The first-order valence-corrected chi connectivity index (χ1v) is 7.12. The van der Waals surface area contributed by atoms with Gasteiger partial charge in [0.1, 0.15) is 6.61 Å². The standard InChI is InChI=1S/C13H21NO3S/c1-3-14(10-12-6-5-9-18-12)7-8-16-11-13(15)17-4-2/h5-6,9H,3-4,7-8,10-11H2,1-2H3. The van der Waals surface area contributed by atoms with Crippen LogP contribution in [0, 0.1) is 0 Å². The highest BCUT2D eigenvalue weighted by Crippen LogP contribution is 2.11. The van der Waals surface area contributed by atoms with Crippen molar-refractivity contribution in [2.75, 3.05) is 32.9 Å². The molecule has 0 unspecified atom stereocenters. The van der Waals surface area contributed by atoms with Crippen molar-refractivity contribution in [3.8, 4) is 0 Å². The van der Waals surface area contributed by atoms with E-state index in [0.29, 0.717) is 13.2 Å². The molecule has 102 valence electrons. The van der Waals surface area contributed by atoms with E-state index < -0.39 is 0 Å². The minimum atomic E-state index is -0.293. The molecule has 0 radical (unpaired) electrons. The highest BCUT2D eigenvalue weighted by molar-refractivity contribution is 7.09. The average Bonchev–Trinajstić information content (AvgIpc) is 2.86. The van der Waals surface area contributed by atoms with Crippen molar-refractivity contribution < 1.29 is 14.3 Å². The first-order chi connectivity index (χ1) is 8.76. The number of carbonyl (C=O) groups excluding carboxylic acids is 1. The second-order valence-electron chi connectivity index (χ2n) is 3.81. The molecule has 0 fully saturated rings. The van der Waals surface area contributed by atoms with Crippen molar-refractivity contribution in [3.05, 3.63) is 22.4 Å². The largest absolute Gasteiger partial charge is 0.464 e. The lowest BCUT2D eigenvalue weighted by Crippen LogP contribution is -2.27. The zero-order valence-electron chi connectivity index (χ0n) is 11.1. The lowest BCUT2D eigenvalue weighted by Gasteiger charge is -2.19. The second kappa shape index (κ2) is 9.08. The third-order valence-corrected chi connectivity index (χ3v) is 3.34. The van der Waals surface area contributed by atoms with Crippen LogP contribution < -0.4 is 0 Å². The molecule has 1 aromatic rings. The molecule has 4 nitrogen and oxygen atoms in total. The summed E-state index contributed by atoms with van der Waals surface area (Å²) in [5.41, 5.74) is 0. The molecule has 1 heterocycles. The minimum absolute atomic E-state index is 0.0460. The van der Waals surface area contributed by atoms with Crippen molar-refractivity contribution in [1.82, 2.24) is 4.90 Å². The number of esters is 1. The molecule has 0 saturated carbocycles. The third-order valence-electron chi connectivity index (χ3n) is 2.48. The number of rotatable bonds is 9. The van der Waals surface area contributed by atoms with E-state index in [1.54, 1.807) is 18.3 Å². The van der Waals surface area contributed by atoms with Crippen molar-refractivity contribution in [2.45, 2.75) is 20.4 Å². The summed E-state index contributed by atoms with van der Waals surface area (Å²) >= 11 is 1.76. The van der Waals surface area contributed by atoms with Gasteiger partial charge in [0, 0.05) is 18.0 Å². The van der Waals surface area contributed by atoms with Crippen LogP contribution in [0.25, 0.3) is 0 Å². The fraction of sp³-hybridized carbons (Fsp3) is 0.615. The molecule has 0 aliphatic heterocycles. The highest BCUT2D eigenvalue weighted by Gasteiger charge is 2.06. The van der Waals surface area contributed by atoms with Gasteiger partial charge >= 0.3 is 5.97 Å². The fourth-order valence-electron chi connectivity index (χ4n) is 1.52. The molecular formula is C13H21NO3S. The molecule has 0 N–H and O–H groups in total. The molecule has 0 aromatic carbocycles. The Bertz CT molecular complexity index is 327. The molecule has 0 atom stereocenters. The molecule has 0 bridgehead atoms. The molecular weight excluding hydrogens is 250 g/mol. The summed E-state index contributed by atoms with van der Waals surface area (Å²) in [7, 11) is 0. The van der Waals surface area contributed by atoms with Gasteiger partial charge in [-0.15, -0.1) is 11.3 Å². The zero-order chi connectivity index (χ0) is 13.2. The van der Waals surface area contributed by atoms with E-state index >= 15 is 0 Å². The van der Waals surface area contributed by atoms with E-state index in [9.17, 15) is 4.79 Å². The Morgan fingerprint density at radius 2 is 2.28 bits per heavy atom. The smallest absolute Gasteiger partial charge is 0.332 e. The van der Waals surface area contributed by atoms with E-state index in [2.05, 4.69) is 29.3 Å². The van der Waals surface area contributed by atoms with Crippen LogP contribution in [0.15, 0.2) is 17.5 Å². The van der Waals surface area contributed by atoms with Gasteiger partial charge in [0.2, 0.25) is 0 Å². The second-order valence-corrected chi connectivity index (χ2v) is 4.84. The van der Waals surface area contributed by atoms with Crippen LogP contribution in [-0.4, -0.2) is 43.8 Å². The summed E-state index contributed by atoms with van der Waals surface area (Å²) in [6.45, 7) is 7.66. The Labute approximate surface area is 113 Å². The van der Waals surface area contributed by atoms with Crippen LogP contribution in [0.3, 0.4) is 0 Å². The van der Waals surface area contributed by atoms with Crippen LogP contribution >= 0.6 is 11.3 Å². The molecule has 0 spiro atoms. The summed E-state index contributed by atoms with van der Waals surface area (Å²) in [4.78, 5) is 14.7. The number of hydrogen-bond acceptors (Lipinski definition) is 5. The zero-order valence-corrected chi connectivity index (χ0v) is 11.9. The van der Waals surface area contributed by atoms with Crippen molar-refractivity contribution >= 4 is 17.3 Å². The Morgan fingerprint density at radius 1 is 1.44 bits per heavy atom. The van der Waals surface area contributed by atoms with Gasteiger partial charge in [-0.05, 0) is 24.9 Å². The van der Waals surface area contributed by atoms with Gasteiger partial charge in [-0.25, -0.2) is 4.79 Å². The molecule has 0 aliphatic carbocycles. The van der Waals surface area contributed by atoms with Gasteiger partial charge in [-0.1, -0.05) is 13.0 Å². The highest BCUT2D eigenvalue weighted by atomic mass is 32.1. The maximum atomic E-state index is 11.1. The van der Waals surface area contributed by atoms with Crippen molar-refractivity contribution in [1.29, 1.82) is 0 Å². The maximum Gasteiger partial charge on any atom is 0.332 e. The number of ether oxygens (including phenoxy) is 2. The quantitative estimate of drug-likeness (QED) is 0.509.